The normalized spacial score (nSPS) is 25.6. The number of hydrogen-bond acceptors (Lipinski definition) is 7. The van der Waals surface area contributed by atoms with Gasteiger partial charge in [0.25, 0.3) is 0 Å². The summed E-state index contributed by atoms with van der Waals surface area (Å²) in [5, 5.41) is 0.217. The van der Waals surface area contributed by atoms with Crippen molar-refractivity contribution in [3.8, 4) is 17.3 Å². The van der Waals surface area contributed by atoms with Crippen LogP contribution in [0.1, 0.15) is 48.8 Å². The van der Waals surface area contributed by atoms with Crippen LogP contribution in [-0.4, -0.2) is 72.1 Å². The van der Waals surface area contributed by atoms with Crippen molar-refractivity contribution >= 4 is 34.1 Å². The summed E-state index contributed by atoms with van der Waals surface area (Å²) < 4.78 is 86.4. The van der Waals surface area contributed by atoms with E-state index in [9.17, 15) is 17.6 Å². The Hall–Kier alpha value is -3.03. The minimum absolute atomic E-state index is 0.00673. The van der Waals surface area contributed by atoms with E-state index in [1.165, 1.54) is 6.92 Å². The second-order valence-electron chi connectivity index (χ2n) is 12.4. The van der Waals surface area contributed by atoms with E-state index in [0.29, 0.717) is 68.8 Å². The molecular formula is C30H33ClF5N6O2+. The molecule has 3 N–H and O–H groups in total. The molecule has 0 amide bonds. The highest BCUT2D eigenvalue weighted by Gasteiger charge is 2.50. The molecule has 0 bridgehead atoms. The van der Waals surface area contributed by atoms with Crippen LogP contribution >= 0.6 is 11.6 Å². The number of nitrogens with zero attached hydrogens (tertiary/aromatic N) is 4. The fourth-order valence-corrected chi connectivity index (χ4v) is 8.03. The van der Waals surface area contributed by atoms with Crippen LogP contribution in [0.4, 0.5) is 33.6 Å². The van der Waals surface area contributed by atoms with E-state index < -0.39 is 40.5 Å². The zero-order valence-electron chi connectivity index (χ0n) is 24.2. The van der Waals surface area contributed by atoms with Crippen molar-refractivity contribution in [1.82, 2.24) is 14.9 Å². The summed E-state index contributed by atoms with van der Waals surface area (Å²) in [5.41, 5.74) is 3.18. The van der Waals surface area contributed by atoms with Crippen molar-refractivity contribution in [3.05, 3.63) is 33.6 Å². The molecule has 0 spiro atoms. The van der Waals surface area contributed by atoms with E-state index in [1.54, 1.807) is 0 Å². The van der Waals surface area contributed by atoms with E-state index in [0.717, 1.165) is 25.5 Å². The number of nitrogens with one attached hydrogen (secondary N) is 1. The van der Waals surface area contributed by atoms with Gasteiger partial charge in [-0.15, -0.1) is 0 Å². The Kier molecular flexibility index (Phi) is 7.28. The van der Waals surface area contributed by atoms with Gasteiger partial charge in [0.15, 0.2) is 11.3 Å². The van der Waals surface area contributed by atoms with Gasteiger partial charge in [-0.1, -0.05) is 16.6 Å². The lowest BCUT2D eigenvalue weighted by atomic mass is 9.94. The number of nitrogens with two attached hydrogens (primary N) is 1. The molecule has 4 aliphatic heterocycles. The number of pyridine rings is 1. The number of fused-ring (bicyclic) bond motifs is 3. The monoisotopic (exact) mass is 639 g/mol. The second-order valence-corrected chi connectivity index (χ2v) is 12.7. The third-order valence-electron chi connectivity index (χ3n) is 9.57. The van der Waals surface area contributed by atoms with Crippen LogP contribution in [0.15, 0.2) is 6.07 Å². The molecule has 3 fully saturated rings. The number of aromatic amines is 1. The quantitative estimate of drug-likeness (QED) is 0.387. The van der Waals surface area contributed by atoms with Gasteiger partial charge in [0.1, 0.15) is 18.6 Å². The molecule has 0 aliphatic carbocycles. The van der Waals surface area contributed by atoms with Crippen LogP contribution in [0, 0.1) is 12.7 Å². The maximum Gasteiger partial charge on any atom is 0.432 e. The number of aromatic nitrogens is 3. The predicted octanol–water partition coefficient (Wildman–Crippen LogP) is 5.31. The van der Waals surface area contributed by atoms with Gasteiger partial charge in [-0.25, -0.2) is 18.7 Å². The standard InChI is InChI=1S/C30H32ClF5N6O2/c1-15-10-19(37)38-25(22(15)30(34,35)36)21-23(31)18-5-4-17-13-43-9-3-8-42(17)27-20(18)26(24(21)33)39-28(40-27)44-14-29-6-2-7-41(29)12-16(32)11-29/h10,16-17H,2-9,11-14H2,1H3,(H2,37,38)/p+1/t16-,17?,29+/m1/s1. The highest BCUT2D eigenvalue weighted by Crippen LogP contribution is 2.48. The highest BCUT2D eigenvalue weighted by molar-refractivity contribution is 6.35. The number of nitrogen functional groups attached to an aromatic ring is 1. The Morgan fingerprint density at radius 2 is 2.07 bits per heavy atom. The van der Waals surface area contributed by atoms with Gasteiger partial charge in [0.2, 0.25) is 5.82 Å². The zero-order valence-corrected chi connectivity index (χ0v) is 24.9. The first kappa shape index (κ1) is 29.7. The van der Waals surface area contributed by atoms with E-state index in [4.69, 9.17) is 26.8 Å². The Bertz CT molecular complexity index is 1640. The first-order valence-corrected chi connectivity index (χ1v) is 15.3. The van der Waals surface area contributed by atoms with Crippen LogP contribution in [0.3, 0.4) is 0 Å². The predicted molar refractivity (Wildman–Crippen MR) is 154 cm³/mol. The fourth-order valence-electron chi connectivity index (χ4n) is 7.67. The number of benzene rings is 1. The number of rotatable bonds is 4. The van der Waals surface area contributed by atoms with Crippen LogP contribution in [0.2, 0.25) is 5.02 Å². The second kappa shape index (κ2) is 10.8. The molecule has 1 unspecified atom stereocenters. The van der Waals surface area contributed by atoms with Gasteiger partial charge in [-0.05, 0) is 56.3 Å². The van der Waals surface area contributed by atoms with Gasteiger partial charge in [-0.3, -0.25) is 9.80 Å². The number of ether oxygens (including phenoxy) is 2. The number of H-pyrrole nitrogens is 1. The van der Waals surface area contributed by atoms with Gasteiger partial charge in [0.05, 0.1) is 52.0 Å². The summed E-state index contributed by atoms with van der Waals surface area (Å²) in [7, 11) is 0. The molecule has 3 atom stereocenters. The molecule has 7 rings (SSSR count). The smallest absolute Gasteiger partial charge is 0.432 e. The average molecular weight is 640 g/mol. The summed E-state index contributed by atoms with van der Waals surface area (Å²) in [5.74, 6) is -0.727. The molecule has 1 aromatic carbocycles. The summed E-state index contributed by atoms with van der Waals surface area (Å²) in [4.78, 5) is 15.9. The van der Waals surface area contributed by atoms with E-state index in [1.807, 2.05) is 0 Å². The van der Waals surface area contributed by atoms with Crippen molar-refractivity contribution in [2.45, 2.75) is 69.4 Å². The van der Waals surface area contributed by atoms with Crippen molar-refractivity contribution in [2.75, 3.05) is 50.1 Å². The molecule has 0 radical (unpaired) electrons. The van der Waals surface area contributed by atoms with Crippen LogP contribution in [0.25, 0.3) is 22.2 Å². The molecule has 8 nitrogen and oxygen atoms in total. The van der Waals surface area contributed by atoms with Crippen molar-refractivity contribution in [3.63, 3.8) is 0 Å². The van der Waals surface area contributed by atoms with E-state index in [-0.39, 0.29) is 40.6 Å². The average Bonchev–Trinajstić information content (AvgIpc) is 3.29. The minimum atomic E-state index is -4.85. The summed E-state index contributed by atoms with van der Waals surface area (Å²) in [6.07, 6.45) is -2.19. The Balaban J connectivity index is 1.44. The number of alkyl halides is 4. The molecule has 3 saturated heterocycles. The van der Waals surface area contributed by atoms with Gasteiger partial charge in [-0.2, -0.15) is 13.2 Å². The lowest BCUT2D eigenvalue weighted by Crippen LogP contribution is -2.44. The van der Waals surface area contributed by atoms with E-state index >= 15 is 4.39 Å². The molecule has 0 saturated carbocycles. The van der Waals surface area contributed by atoms with Crippen molar-refractivity contribution in [1.29, 1.82) is 0 Å². The van der Waals surface area contributed by atoms with E-state index in [2.05, 4.69) is 24.8 Å². The topological polar surface area (TPSA) is 90.9 Å². The number of hydrogen-bond donors (Lipinski definition) is 1. The summed E-state index contributed by atoms with van der Waals surface area (Å²) >= 11 is 6.87. The zero-order chi connectivity index (χ0) is 31.0. The molecule has 2 aromatic heterocycles. The molecule has 4 aliphatic rings. The first-order valence-electron chi connectivity index (χ1n) is 14.9. The largest absolute Gasteiger partial charge is 0.439 e. The van der Waals surface area contributed by atoms with Crippen LogP contribution in [-0.2, 0) is 17.3 Å². The molecule has 236 valence electrons. The Morgan fingerprint density at radius 1 is 1.25 bits per heavy atom. The van der Waals surface area contributed by atoms with Gasteiger partial charge in [0, 0.05) is 26.0 Å². The maximum absolute atomic E-state index is 16.8. The lowest BCUT2D eigenvalue weighted by Gasteiger charge is -2.30. The first-order chi connectivity index (χ1) is 21.0. The van der Waals surface area contributed by atoms with Crippen molar-refractivity contribution < 1.29 is 36.4 Å². The number of halogens is 6. The molecular weight excluding hydrogens is 607 g/mol. The van der Waals surface area contributed by atoms with Gasteiger partial charge >= 0.3 is 12.2 Å². The van der Waals surface area contributed by atoms with Crippen molar-refractivity contribution in [2.24, 2.45) is 0 Å². The fraction of sp³-hybridized carbons (Fsp3) is 0.567. The number of anilines is 2. The molecule has 14 heteroatoms. The molecule has 44 heavy (non-hydrogen) atoms. The van der Waals surface area contributed by atoms with Gasteiger partial charge < -0.3 is 15.2 Å². The summed E-state index contributed by atoms with van der Waals surface area (Å²) in [6, 6.07) is 0.989. The highest BCUT2D eigenvalue weighted by atomic mass is 35.5. The molecule has 3 aromatic rings. The molecule has 6 heterocycles. The third-order valence-corrected chi connectivity index (χ3v) is 9.99. The van der Waals surface area contributed by atoms with Crippen LogP contribution < -0.4 is 20.4 Å². The summed E-state index contributed by atoms with van der Waals surface area (Å²) in [6.45, 7) is 4.07. The SMILES string of the molecule is Cc1cc(N)nc(-c2c(Cl)c3c4c([nH+]c(OC[C@@]56CCCN5C[C@H](F)C6)nc4c2F)N2CCCOCC2CC3)c1C(F)(F)F. The van der Waals surface area contributed by atoms with Crippen LogP contribution in [0.5, 0.6) is 6.01 Å². The minimum Gasteiger partial charge on any atom is -0.439 e. The third kappa shape index (κ3) is 4.82. The maximum atomic E-state index is 16.8. The number of aryl methyl sites for hydroxylation is 2. The Morgan fingerprint density at radius 3 is 2.86 bits per heavy atom. The Labute approximate surface area is 255 Å². The lowest BCUT2D eigenvalue weighted by molar-refractivity contribution is -0.386.